The van der Waals surface area contributed by atoms with Crippen LogP contribution in [-0.2, 0) is 13.7 Å². The molecule has 3 atom stereocenters. The lowest BCUT2D eigenvalue weighted by molar-refractivity contribution is 0.582. The van der Waals surface area contributed by atoms with Gasteiger partial charge in [0.2, 0.25) is 0 Å². The van der Waals surface area contributed by atoms with Crippen LogP contribution in [0.15, 0.2) is 231 Å². The van der Waals surface area contributed by atoms with Crippen molar-refractivity contribution in [3.8, 4) is 18.2 Å². The zero-order chi connectivity index (χ0) is 59.5. The summed E-state index contributed by atoms with van der Waals surface area (Å²) in [6, 6.07) is 70.5. The summed E-state index contributed by atoms with van der Waals surface area (Å²) in [7, 11) is -14.1. The standard InChI is InChI=1S/C67H38N13O3P3/c1-71-49-19-32-56(33-20-49)77-64-11-7-5-9-62(64)75(53-26-13-46(43-68)14-27-53)84(77,81)59-40-60(85(82)76(54-28-15-47(44-69)16-29-54)63-10-6-8-12-65(63)78(85)57-34-21-50(72-2)22-35-57)42-61(41-59)86(83)79(58-36-23-51(73-3)24-37-58)66-38-25-52(74-4)39-67(66)80(86)55-30-17-48(45-70)18-31-55/h5-42H. The van der Waals surface area contributed by atoms with E-state index in [1.165, 1.54) is 0 Å². The highest BCUT2D eigenvalue weighted by Crippen LogP contribution is 2.75. The zero-order valence-corrected chi connectivity index (χ0v) is 47.5. The summed E-state index contributed by atoms with van der Waals surface area (Å²) >= 11 is 0. The molecule has 3 unspecified atom stereocenters. The summed E-state index contributed by atoms with van der Waals surface area (Å²) < 4.78 is 65.1. The Hall–Kier alpha value is -11.9. The summed E-state index contributed by atoms with van der Waals surface area (Å²) in [5.41, 5.74) is 7.11. The van der Waals surface area contributed by atoms with Crippen molar-refractivity contribution in [3.63, 3.8) is 0 Å². The SMILES string of the molecule is [C-]#[N+]c1ccc(N2c3ccccc3N(c3ccc(C#N)cc3)P2(=O)c2cc(P3(=O)N(c4ccc(C#N)cc4)c4ccccc4N3c3ccc([N+]#[C-])cc3)cc(P3(=O)N(c4ccc([N+]#[C-])cc4)c4ccc([N+]#[C-])cc4N3c3ccc(C#N)cc3)c2)cc1. The Morgan fingerprint density at radius 1 is 0.279 bits per heavy atom. The molecule has 0 saturated heterocycles. The Labute approximate surface area is 495 Å². The number of benzene rings is 10. The lowest BCUT2D eigenvalue weighted by Gasteiger charge is -2.38. The molecule has 10 aromatic rings. The van der Waals surface area contributed by atoms with Crippen LogP contribution in [0, 0.1) is 60.3 Å². The van der Waals surface area contributed by atoms with Gasteiger partial charge in [0.15, 0.2) is 22.7 Å². The molecule has 0 aliphatic carbocycles. The molecule has 404 valence electrons. The number of hydrogen-bond acceptors (Lipinski definition) is 6. The van der Waals surface area contributed by atoms with E-state index in [0.29, 0.717) is 102 Å². The van der Waals surface area contributed by atoms with Crippen LogP contribution in [0.4, 0.5) is 91.0 Å². The van der Waals surface area contributed by atoms with Crippen LogP contribution in [0.2, 0.25) is 0 Å². The second-order valence-corrected chi connectivity index (χ2v) is 27.0. The van der Waals surface area contributed by atoms with Gasteiger partial charge in [-0.3, -0.25) is 41.7 Å². The van der Waals surface area contributed by atoms with Crippen LogP contribution >= 0.6 is 22.3 Å². The van der Waals surface area contributed by atoms with Gasteiger partial charge in [-0.1, -0.05) is 66.7 Å². The van der Waals surface area contributed by atoms with E-state index in [1.807, 2.05) is 48.5 Å². The van der Waals surface area contributed by atoms with E-state index in [9.17, 15) is 15.8 Å². The van der Waals surface area contributed by atoms with Gasteiger partial charge in [0, 0.05) is 34.1 Å². The van der Waals surface area contributed by atoms with Gasteiger partial charge >= 0.3 is 22.3 Å². The Kier molecular flexibility index (Phi) is 12.9. The third-order valence-corrected chi connectivity index (χ3v) is 23.9. The van der Waals surface area contributed by atoms with Crippen LogP contribution in [0.3, 0.4) is 0 Å². The molecular formula is C67H38N13O3P3. The van der Waals surface area contributed by atoms with Crippen molar-refractivity contribution < 1.29 is 13.7 Å². The van der Waals surface area contributed by atoms with Crippen LogP contribution < -0.4 is 43.9 Å². The minimum atomic E-state index is -4.75. The molecule has 0 N–H and O–H groups in total. The fraction of sp³-hybridized carbons (Fsp3) is 0. The van der Waals surface area contributed by atoms with E-state index in [1.54, 1.807) is 210 Å². The van der Waals surface area contributed by atoms with Gasteiger partial charge in [-0.25, -0.2) is 19.4 Å². The summed E-state index contributed by atoms with van der Waals surface area (Å²) in [5.74, 6) is 0. The number of anilines is 12. The molecule has 19 heteroatoms. The fourth-order valence-corrected chi connectivity index (χ4v) is 20.8. The average molecular weight is 1170 g/mol. The van der Waals surface area contributed by atoms with Crippen molar-refractivity contribution in [3.05, 3.63) is 293 Å². The maximum Gasteiger partial charge on any atom is 0.301 e. The van der Waals surface area contributed by atoms with E-state index >= 15 is 13.7 Å². The van der Waals surface area contributed by atoms with Crippen molar-refractivity contribution in [1.82, 2.24) is 0 Å². The quantitative estimate of drug-likeness (QED) is 0.0996. The lowest BCUT2D eigenvalue weighted by atomic mass is 10.2. The normalized spacial score (nSPS) is 17.8. The molecule has 0 aromatic heterocycles. The first-order valence-corrected chi connectivity index (χ1v) is 31.2. The van der Waals surface area contributed by atoms with Gasteiger partial charge in [0.25, 0.3) is 0 Å². The van der Waals surface area contributed by atoms with E-state index < -0.39 is 22.3 Å². The van der Waals surface area contributed by atoms with Crippen molar-refractivity contribution in [2.45, 2.75) is 0 Å². The topological polar surface area (TPSA) is 159 Å². The third kappa shape index (κ3) is 8.18. The minimum absolute atomic E-state index is 0.00713. The van der Waals surface area contributed by atoms with Crippen molar-refractivity contribution >= 4 is 129 Å². The zero-order valence-electron chi connectivity index (χ0n) is 44.8. The largest absolute Gasteiger partial charge is 0.301 e. The highest BCUT2D eigenvalue weighted by molar-refractivity contribution is 7.79. The van der Waals surface area contributed by atoms with Crippen LogP contribution in [-0.4, -0.2) is 0 Å². The molecule has 86 heavy (non-hydrogen) atoms. The number of nitrogens with zero attached hydrogens (tertiary/aromatic N) is 13. The number of para-hydroxylation sites is 4. The minimum Gasteiger partial charge on any atom is -0.271 e. The Morgan fingerprint density at radius 3 is 0.744 bits per heavy atom. The predicted molar refractivity (Wildman–Crippen MR) is 338 cm³/mol. The van der Waals surface area contributed by atoms with Crippen molar-refractivity contribution in [2.75, 3.05) is 28.0 Å². The molecular weight excluding hydrogens is 1130 g/mol. The summed E-state index contributed by atoms with van der Waals surface area (Å²) in [6.07, 6.45) is 0. The molecule has 3 aliphatic rings. The van der Waals surface area contributed by atoms with Gasteiger partial charge in [-0.2, -0.15) is 15.8 Å². The van der Waals surface area contributed by atoms with E-state index in [-0.39, 0.29) is 21.6 Å². The molecule has 3 aliphatic heterocycles. The molecule has 0 radical (unpaired) electrons. The summed E-state index contributed by atoms with van der Waals surface area (Å²) in [4.78, 5) is 14.8. The maximum absolute atomic E-state index is 18.4. The molecule has 0 amide bonds. The highest BCUT2D eigenvalue weighted by Gasteiger charge is 2.56. The Morgan fingerprint density at radius 2 is 0.500 bits per heavy atom. The first kappa shape index (κ1) is 53.4. The second-order valence-electron chi connectivity index (χ2n) is 19.8. The highest BCUT2D eigenvalue weighted by atomic mass is 31.2. The number of nitriles is 3. The molecule has 0 fully saturated rings. The van der Waals surface area contributed by atoms with Gasteiger partial charge in [-0.05, 0) is 164 Å². The Balaban J connectivity index is 1.21. The third-order valence-electron chi connectivity index (χ3n) is 15.1. The predicted octanol–water partition coefficient (Wildman–Crippen LogP) is 17.9. The van der Waals surface area contributed by atoms with Gasteiger partial charge in [0.05, 0.1) is 111 Å². The first-order valence-electron chi connectivity index (χ1n) is 26.4. The van der Waals surface area contributed by atoms with E-state index in [2.05, 4.69) is 37.6 Å². The molecule has 3 heterocycles. The van der Waals surface area contributed by atoms with Crippen molar-refractivity contribution in [1.29, 1.82) is 15.8 Å². The molecule has 0 saturated carbocycles. The van der Waals surface area contributed by atoms with Crippen LogP contribution in [0.1, 0.15) is 16.7 Å². The monoisotopic (exact) mass is 1170 g/mol. The smallest absolute Gasteiger partial charge is 0.271 e. The van der Waals surface area contributed by atoms with Crippen molar-refractivity contribution in [2.24, 2.45) is 0 Å². The van der Waals surface area contributed by atoms with Crippen LogP contribution in [0.5, 0.6) is 0 Å². The molecule has 13 rings (SSSR count). The van der Waals surface area contributed by atoms with E-state index in [0.717, 1.165) is 0 Å². The second kappa shape index (κ2) is 20.8. The summed E-state index contributed by atoms with van der Waals surface area (Å²) in [5, 5.41) is 30.3. The lowest BCUT2D eigenvalue weighted by Crippen LogP contribution is -2.37. The van der Waals surface area contributed by atoms with Gasteiger partial charge in [-0.15, -0.1) is 0 Å². The molecule has 16 nitrogen and oxygen atoms in total. The fourth-order valence-electron chi connectivity index (χ4n) is 11.3. The van der Waals surface area contributed by atoms with Gasteiger partial charge < -0.3 is 0 Å². The molecule has 10 aromatic carbocycles. The van der Waals surface area contributed by atoms with Gasteiger partial charge in [0.1, 0.15) is 0 Å². The number of hydrogen-bond donors (Lipinski definition) is 0. The Bertz CT molecular complexity index is 4550. The summed E-state index contributed by atoms with van der Waals surface area (Å²) in [6.45, 7) is 31.9. The van der Waals surface area contributed by atoms with Crippen LogP contribution in [0.25, 0.3) is 19.4 Å². The number of fused-ring (bicyclic) bond motifs is 3. The first-order chi connectivity index (χ1) is 41.9. The number of rotatable bonds is 9. The molecule has 0 bridgehead atoms. The van der Waals surface area contributed by atoms with E-state index in [4.69, 9.17) is 26.3 Å². The molecule has 0 spiro atoms. The maximum atomic E-state index is 18.4. The average Bonchev–Trinajstić information content (AvgIpc) is 1.57.